The van der Waals surface area contributed by atoms with Gasteiger partial charge in [-0.25, -0.2) is 9.97 Å². The molecule has 0 atom stereocenters. The highest BCUT2D eigenvalue weighted by atomic mass is 15.2. The Bertz CT molecular complexity index is 1160. The van der Waals surface area contributed by atoms with Gasteiger partial charge in [-0.2, -0.15) is 10.2 Å². The largest absolute Gasteiger partial charge is 0.370 e. The van der Waals surface area contributed by atoms with Crippen molar-refractivity contribution in [1.29, 1.82) is 5.26 Å². The van der Waals surface area contributed by atoms with E-state index in [0.29, 0.717) is 23.7 Å². The van der Waals surface area contributed by atoms with E-state index in [1.54, 1.807) is 0 Å². The molecular formula is C25H32N8. The van der Waals surface area contributed by atoms with E-state index in [0.717, 1.165) is 54.0 Å². The number of hydrogen-bond donors (Lipinski definition) is 1. The van der Waals surface area contributed by atoms with Gasteiger partial charge < -0.3 is 19.7 Å². The number of pyridine rings is 1. The van der Waals surface area contributed by atoms with Crippen molar-refractivity contribution in [2.75, 3.05) is 37.4 Å². The lowest BCUT2D eigenvalue weighted by atomic mass is 10.0. The third kappa shape index (κ3) is 4.13. The molecule has 3 aromatic rings. The lowest BCUT2D eigenvalue weighted by molar-refractivity contribution is 0.249. The summed E-state index contributed by atoms with van der Waals surface area (Å²) in [6.07, 6.45) is 10.7. The Morgan fingerprint density at radius 2 is 1.82 bits per heavy atom. The van der Waals surface area contributed by atoms with Crippen molar-refractivity contribution in [3.8, 4) is 6.07 Å². The smallest absolute Gasteiger partial charge is 0.230 e. The standard InChI is InChI=1S/C25H32N8/c1-17-21-16-28-25(30-24(21)33(22(17)14-26)19-6-4-5-7-19)29-23-9-8-20(15-27-23)32-12-10-18(11-13-32)31(2)3/h8-9,15-16,18-19H,4-7,10-13H2,1-3H3,(H,27,28,29,30). The molecule has 2 aliphatic rings. The van der Waals surface area contributed by atoms with Crippen LogP contribution in [0.15, 0.2) is 24.5 Å². The minimum absolute atomic E-state index is 0.340. The minimum atomic E-state index is 0.340. The second-order valence-electron chi connectivity index (χ2n) is 9.53. The fraction of sp³-hybridized carbons (Fsp3) is 0.520. The summed E-state index contributed by atoms with van der Waals surface area (Å²) in [5.41, 5.74) is 3.67. The van der Waals surface area contributed by atoms with Gasteiger partial charge in [0.15, 0.2) is 0 Å². The number of aryl methyl sites for hydroxylation is 1. The van der Waals surface area contributed by atoms with Gasteiger partial charge in [-0.05, 0) is 64.4 Å². The molecule has 5 rings (SSSR count). The number of nitrogens with one attached hydrogen (secondary N) is 1. The summed E-state index contributed by atoms with van der Waals surface area (Å²) in [6, 6.07) is 7.51. The van der Waals surface area contributed by atoms with Gasteiger partial charge in [-0.1, -0.05) is 12.8 Å². The van der Waals surface area contributed by atoms with Gasteiger partial charge in [0.1, 0.15) is 23.2 Å². The van der Waals surface area contributed by atoms with Crippen LogP contribution in [0.5, 0.6) is 0 Å². The van der Waals surface area contributed by atoms with E-state index in [9.17, 15) is 5.26 Å². The van der Waals surface area contributed by atoms with Gasteiger partial charge in [0.25, 0.3) is 0 Å². The molecule has 0 unspecified atom stereocenters. The Morgan fingerprint density at radius 1 is 1.06 bits per heavy atom. The fourth-order valence-corrected chi connectivity index (χ4v) is 5.35. The molecule has 1 saturated carbocycles. The zero-order valence-corrected chi connectivity index (χ0v) is 19.8. The molecule has 1 aliphatic heterocycles. The third-order valence-corrected chi connectivity index (χ3v) is 7.34. The van der Waals surface area contributed by atoms with Crippen LogP contribution in [0.25, 0.3) is 11.0 Å². The molecule has 0 spiro atoms. The Balaban J connectivity index is 1.35. The van der Waals surface area contributed by atoms with Crippen molar-refractivity contribution in [3.63, 3.8) is 0 Å². The topological polar surface area (TPSA) is 85.9 Å². The monoisotopic (exact) mass is 444 g/mol. The predicted octanol–water partition coefficient (Wildman–Crippen LogP) is 4.40. The molecule has 2 fully saturated rings. The summed E-state index contributed by atoms with van der Waals surface area (Å²) in [5, 5.41) is 14.0. The van der Waals surface area contributed by atoms with Gasteiger partial charge in [0.05, 0.1) is 11.9 Å². The van der Waals surface area contributed by atoms with Crippen LogP contribution in [-0.4, -0.2) is 57.6 Å². The molecule has 33 heavy (non-hydrogen) atoms. The van der Waals surface area contributed by atoms with Gasteiger partial charge in [0, 0.05) is 36.8 Å². The van der Waals surface area contributed by atoms with Crippen molar-refractivity contribution in [2.45, 2.75) is 57.5 Å². The Hall–Kier alpha value is -3.18. The van der Waals surface area contributed by atoms with E-state index in [2.05, 4.69) is 55.9 Å². The minimum Gasteiger partial charge on any atom is -0.370 e. The lowest BCUT2D eigenvalue weighted by Gasteiger charge is -2.36. The average molecular weight is 445 g/mol. The number of aromatic nitrogens is 4. The molecule has 8 nitrogen and oxygen atoms in total. The highest BCUT2D eigenvalue weighted by Crippen LogP contribution is 2.36. The maximum Gasteiger partial charge on any atom is 0.230 e. The Morgan fingerprint density at radius 3 is 2.45 bits per heavy atom. The zero-order chi connectivity index (χ0) is 22.9. The van der Waals surface area contributed by atoms with Crippen molar-refractivity contribution in [3.05, 3.63) is 35.8 Å². The molecule has 1 N–H and O–H groups in total. The number of piperidine rings is 1. The average Bonchev–Trinajstić information content (AvgIpc) is 3.45. The van der Waals surface area contributed by atoms with Crippen LogP contribution >= 0.6 is 0 Å². The van der Waals surface area contributed by atoms with Crippen LogP contribution in [0, 0.1) is 18.3 Å². The van der Waals surface area contributed by atoms with Crippen molar-refractivity contribution < 1.29 is 0 Å². The lowest BCUT2D eigenvalue weighted by Crippen LogP contribution is -2.42. The number of nitriles is 1. The summed E-state index contributed by atoms with van der Waals surface area (Å²) in [6.45, 7) is 4.09. The first-order valence-corrected chi connectivity index (χ1v) is 12.0. The SMILES string of the molecule is Cc1c(C#N)n(C2CCCC2)c2nc(Nc3ccc(N4CCC(N(C)C)CC4)cn3)ncc12. The van der Waals surface area contributed by atoms with Crippen LogP contribution in [0.4, 0.5) is 17.5 Å². The van der Waals surface area contributed by atoms with E-state index in [4.69, 9.17) is 4.98 Å². The zero-order valence-electron chi connectivity index (χ0n) is 19.8. The first kappa shape index (κ1) is 21.7. The first-order valence-electron chi connectivity index (χ1n) is 12.0. The van der Waals surface area contributed by atoms with E-state index in [1.165, 1.54) is 25.7 Å². The quantitative estimate of drug-likeness (QED) is 0.624. The van der Waals surface area contributed by atoms with Crippen LogP contribution in [0.1, 0.15) is 55.8 Å². The van der Waals surface area contributed by atoms with Gasteiger partial charge in [0.2, 0.25) is 5.95 Å². The molecule has 0 aromatic carbocycles. The molecule has 172 valence electrons. The molecule has 0 bridgehead atoms. The summed E-state index contributed by atoms with van der Waals surface area (Å²) in [7, 11) is 4.32. The highest BCUT2D eigenvalue weighted by molar-refractivity contribution is 5.83. The third-order valence-electron chi connectivity index (χ3n) is 7.34. The Labute approximate surface area is 195 Å². The number of nitrogens with zero attached hydrogens (tertiary/aromatic N) is 7. The fourth-order valence-electron chi connectivity index (χ4n) is 5.35. The number of hydrogen-bond acceptors (Lipinski definition) is 7. The maximum atomic E-state index is 9.79. The normalized spacial score (nSPS) is 17.7. The van der Waals surface area contributed by atoms with Gasteiger partial charge in [-0.15, -0.1) is 0 Å². The summed E-state index contributed by atoms with van der Waals surface area (Å²) in [4.78, 5) is 18.7. The van der Waals surface area contributed by atoms with E-state index in [1.807, 2.05) is 25.4 Å². The molecule has 0 radical (unpaired) electrons. The van der Waals surface area contributed by atoms with Crippen LogP contribution < -0.4 is 10.2 Å². The Kier molecular flexibility index (Phi) is 5.90. The van der Waals surface area contributed by atoms with E-state index >= 15 is 0 Å². The molecule has 1 aliphatic carbocycles. The summed E-state index contributed by atoms with van der Waals surface area (Å²) >= 11 is 0. The summed E-state index contributed by atoms with van der Waals surface area (Å²) in [5.74, 6) is 1.23. The second kappa shape index (κ2) is 8.99. The van der Waals surface area contributed by atoms with E-state index in [-0.39, 0.29) is 0 Å². The molecule has 1 saturated heterocycles. The van der Waals surface area contributed by atoms with Crippen molar-refractivity contribution in [1.82, 2.24) is 24.4 Å². The maximum absolute atomic E-state index is 9.79. The molecular weight excluding hydrogens is 412 g/mol. The predicted molar refractivity (Wildman–Crippen MR) is 131 cm³/mol. The van der Waals surface area contributed by atoms with Crippen LogP contribution in [0.2, 0.25) is 0 Å². The first-order chi connectivity index (χ1) is 16.0. The molecule has 3 aromatic heterocycles. The van der Waals surface area contributed by atoms with Gasteiger partial charge >= 0.3 is 0 Å². The number of anilines is 3. The molecule has 8 heteroatoms. The summed E-state index contributed by atoms with van der Waals surface area (Å²) < 4.78 is 2.14. The number of rotatable bonds is 5. The van der Waals surface area contributed by atoms with E-state index < -0.39 is 0 Å². The van der Waals surface area contributed by atoms with Crippen molar-refractivity contribution in [2.24, 2.45) is 0 Å². The number of fused-ring (bicyclic) bond motifs is 1. The van der Waals surface area contributed by atoms with Crippen molar-refractivity contribution >= 4 is 28.5 Å². The van der Waals surface area contributed by atoms with Crippen LogP contribution in [-0.2, 0) is 0 Å². The molecule has 4 heterocycles. The van der Waals surface area contributed by atoms with Gasteiger partial charge in [-0.3, -0.25) is 0 Å². The molecule has 0 amide bonds. The second-order valence-corrected chi connectivity index (χ2v) is 9.53. The van der Waals surface area contributed by atoms with Crippen LogP contribution in [0.3, 0.4) is 0 Å². The highest BCUT2D eigenvalue weighted by Gasteiger charge is 2.25.